The molecule has 0 unspecified atom stereocenters. The summed E-state index contributed by atoms with van der Waals surface area (Å²) in [5, 5.41) is 18.7. The highest BCUT2D eigenvalue weighted by molar-refractivity contribution is 7.99. The van der Waals surface area contributed by atoms with Gasteiger partial charge in [0.05, 0.1) is 19.1 Å². The first kappa shape index (κ1) is 19.0. The molecule has 0 bridgehead atoms. The second-order valence-electron chi connectivity index (χ2n) is 6.26. The zero-order valence-corrected chi connectivity index (χ0v) is 16.3. The van der Waals surface area contributed by atoms with Crippen molar-refractivity contribution in [1.82, 2.24) is 14.8 Å². The first-order valence-electron chi connectivity index (χ1n) is 8.85. The zero-order chi connectivity index (χ0) is 19.1. The van der Waals surface area contributed by atoms with Crippen LogP contribution in [0, 0.1) is 17.2 Å². The highest BCUT2D eigenvalue weighted by Crippen LogP contribution is 2.27. The monoisotopic (exact) mass is 378 g/mol. The van der Waals surface area contributed by atoms with E-state index in [1.807, 2.05) is 37.3 Å². The summed E-state index contributed by atoms with van der Waals surface area (Å²) in [6.07, 6.45) is 0.892. The lowest BCUT2D eigenvalue weighted by Gasteiger charge is -2.11. The lowest BCUT2D eigenvalue weighted by Crippen LogP contribution is -2.06. The number of hydrogen-bond donors (Lipinski definition) is 0. The number of benzene rings is 2. The van der Waals surface area contributed by atoms with Crippen molar-refractivity contribution >= 4 is 11.8 Å². The van der Waals surface area contributed by atoms with Crippen LogP contribution in [-0.2, 0) is 13.0 Å². The Morgan fingerprint density at radius 1 is 1.11 bits per heavy atom. The number of methoxy groups -OCH3 is 1. The highest BCUT2D eigenvalue weighted by atomic mass is 32.2. The molecule has 27 heavy (non-hydrogen) atoms. The van der Waals surface area contributed by atoms with Gasteiger partial charge in [0.25, 0.3) is 0 Å². The molecule has 3 rings (SSSR count). The first-order chi connectivity index (χ1) is 13.2. The molecule has 0 saturated heterocycles. The molecular formula is C21H22N4OS. The molecule has 1 atom stereocenters. The summed E-state index contributed by atoms with van der Waals surface area (Å²) >= 11 is 1.58. The van der Waals surface area contributed by atoms with Crippen LogP contribution in [0.4, 0.5) is 0 Å². The summed E-state index contributed by atoms with van der Waals surface area (Å²) in [4.78, 5) is 0. The fourth-order valence-electron chi connectivity index (χ4n) is 2.67. The maximum absolute atomic E-state index is 9.05. The Bertz CT molecular complexity index is 900. The quantitative estimate of drug-likeness (QED) is 0.542. The molecule has 0 spiro atoms. The van der Waals surface area contributed by atoms with Crippen molar-refractivity contribution in [3.05, 3.63) is 60.2 Å². The largest absolute Gasteiger partial charge is 0.497 e. The van der Waals surface area contributed by atoms with Crippen molar-refractivity contribution in [2.24, 2.45) is 5.92 Å². The second-order valence-corrected chi connectivity index (χ2v) is 7.25. The van der Waals surface area contributed by atoms with Crippen molar-refractivity contribution < 1.29 is 4.74 Å². The fourth-order valence-corrected chi connectivity index (χ4v) is 3.58. The summed E-state index contributed by atoms with van der Waals surface area (Å²) in [5.74, 6) is 2.31. The Morgan fingerprint density at radius 3 is 2.52 bits per heavy atom. The average Bonchev–Trinajstić information content (AvgIpc) is 3.14. The van der Waals surface area contributed by atoms with Crippen molar-refractivity contribution in [2.75, 3.05) is 12.9 Å². The Labute approximate surface area is 164 Å². The Kier molecular flexibility index (Phi) is 6.50. The molecule has 3 aromatic rings. The molecule has 6 heteroatoms. The number of hydrogen-bond acceptors (Lipinski definition) is 5. The van der Waals surface area contributed by atoms with Crippen LogP contribution in [0.5, 0.6) is 5.75 Å². The summed E-state index contributed by atoms with van der Waals surface area (Å²) in [6.45, 7) is 2.70. The van der Waals surface area contributed by atoms with Crippen molar-refractivity contribution in [2.45, 2.75) is 25.0 Å². The maximum atomic E-state index is 9.05. The number of rotatable bonds is 8. The third-order valence-corrected chi connectivity index (χ3v) is 5.44. The number of nitrogens with zero attached hydrogens (tertiary/aromatic N) is 4. The Morgan fingerprint density at radius 2 is 1.85 bits per heavy atom. The Balaban J connectivity index is 1.87. The third kappa shape index (κ3) is 4.89. The van der Waals surface area contributed by atoms with E-state index in [-0.39, 0.29) is 5.92 Å². The predicted octanol–water partition coefficient (Wildman–Crippen LogP) is 4.45. The molecule has 0 amide bonds. The lowest BCUT2D eigenvalue weighted by atomic mass is 10.1. The van der Waals surface area contributed by atoms with Crippen LogP contribution in [0.3, 0.4) is 0 Å². The molecule has 0 aliphatic heterocycles. The van der Waals surface area contributed by atoms with Crippen molar-refractivity contribution in [3.63, 3.8) is 0 Å². The van der Waals surface area contributed by atoms with Gasteiger partial charge in [0.2, 0.25) is 0 Å². The van der Waals surface area contributed by atoms with Gasteiger partial charge in [-0.3, -0.25) is 0 Å². The molecule has 1 aromatic heterocycles. The van der Waals surface area contributed by atoms with E-state index in [1.165, 1.54) is 5.56 Å². The lowest BCUT2D eigenvalue weighted by molar-refractivity contribution is 0.415. The third-order valence-electron chi connectivity index (χ3n) is 4.21. The number of aromatic nitrogens is 3. The van der Waals surface area contributed by atoms with E-state index in [4.69, 9.17) is 10.00 Å². The van der Waals surface area contributed by atoms with Crippen LogP contribution in [-0.4, -0.2) is 27.6 Å². The van der Waals surface area contributed by atoms with Gasteiger partial charge in [-0.25, -0.2) is 0 Å². The van der Waals surface area contributed by atoms with E-state index in [0.717, 1.165) is 35.3 Å². The van der Waals surface area contributed by atoms with Crippen LogP contribution in [0.2, 0.25) is 0 Å². The molecule has 0 aliphatic rings. The van der Waals surface area contributed by atoms with Crippen LogP contribution in [0.25, 0.3) is 11.4 Å². The first-order valence-corrected chi connectivity index (χ1v) is 9.83. The molecule has 1 heterocycles. The molecular weight excluding hydrogens is 356 g/mol. The number of ether oxygens (including phenoxy) is 1. The second kappa shape index (κ2) is 9.24. The van der Waals surface area contributed by atoms with Gasteiger partial charge in [-0.2, -0.15) is 5.26 Å². The van der Waals surface area contributed by atoms with Gasteiger partial charge in [0.1, 0.15) is 5.75 Å². The van der Waals surface area contributed by atoms with Gasteiger partial charge in [-0.05, 0) is 43.2 Å². The van der Waals surface area contributed by atoms with E-state index >= 15 is 0 Å². The van der Waals surface area contributed by atoms with Crippen LogP contribution in [0.1, 0.15) is 12.5 Å². The predicted molar refractivity (Wildman–Crippen MR) is 108 cm³/mol. The molecule has 0 N–H and O–H groups in total. The van der Waals surface area contributed by atoms with Crippen LogP contribution >= 0.6 is 11.8 Å². The Hall–Kier alpha value is -2.78. The normalized spacial score (nSPS) is 11.7. The van der Waals surface area contributed by atoms with Crippen LogP contribution in [0.15, 0.2) is 59.8 Å². The van der Waals surface area contributed by atoms with E-state index in [1.54, 1.807) is 18.9 Å². The molecule has 138 valence electrons. The minimum Gasteiger partial charge on any atom is -0.497 e. The molecule has 0 fully saturated rings. The molecule has 0 radical (unpaired) electrons. The summed E-state index contributed by atoms with van der Waals surface area (Å²) in [5.41, 5.74) is 2.27. The topological polar surface area (TPSA) is 63.7 Å². The van der Waals surface area contributed by atoms with Gasteiger partial charge >= 0.3 is 0 Å². The van der Waals surface area contributed by atoms with E-state index in [2.05, 4.69) is 45.1 Å². The van der Waals surface area contributed by atoms with E-state index in [9.17, 15) is 0 Å². The fraction of sp³-hybridized carbons (Fsp3) is 0.286. The van der Waals surface area contributed by atoms with Gasteiger partial charge in [0.15, 0.2) is 11.0 Å². The number of aryl methyl sites for hydroxylation is 1. The SMILES string of the molecule is COc1ccc(-c2nnc(SC[C@@H](C)C#N)n2CCc2ccccc2)cc1. The summed E-state index contributed by atoms with van der Waals surface area (Å²) in [7, 11) is 1.66. The van der Waals surface area contributed by atoms with E-state index < -0.39 is 0 Å². The highest BCUT2D eigenvalue weighted by Gasteiger charge is 2.15. The van der Waals surface area contributed by atoms with Gasteiger partial charge in [-0.15, -0.1) is 10.2 Å². The minimum absolute atomic E-state index is 0.0290. The molecule has 5 nitrogen and oxygen atoms in total. The zero-order valence-electron chi connectivity index (χ0n) is 15.5. The molecule has 0 aliphatic carbocycles. The standard InChI is InChI=1S/C21H22N4OS/c1-16(14-22)15-27-21-24-23-20(18-8-10-19(26-2)11-9-18)25(21)13-12-17-6-4-3-5-7-17/h3-11,16H,12-13,15H2,1-2H3/t16-/m0/s1. The average molecular weight is 379 g/mol. The van der Waals surface area contributed by atoms with Gasteiger partial charge < -0.3 is 9.30 Å². The smallest absolute Gasteiger partial charge is 0.191 e. The summed E-state index contributed by atoms with van der Waals surface area (Å²) in [6, 6.07) is 20.5. The number of nitriles is 1. The maximum Gasteiger partial charge on any atom is 0.191 e. The molecule has 2 aromatic carbocycles. The van der Waals surface area contributed by atoms with Gasteiger partial charge in [-0.1, -0.05) is 42.1 Å². The van der Waals surface area contributed by atoms with E-state index in [0.29, 0.717) is 5.75 Å². The summed E-state index contributed by atoms with van der Waals surface area (Å²) < 4.78 is 7.39. The number of thioether (sulfide) groups is 1. The van der Waals surface area contributed by atoms with Crippen molar-refractivity contribution in [3.8, 4) is 23.2 Å². The molecule has 0 saturated carbocycles. The minimum atomic E-state index is -0.0290. The van der Waals surface area contributed by atoms with Crippen molar-refractivity contribution in [1.29, 1.82) is 5.26 Å². The van der Waals surface area contributed by atoms with Crippen LogP contribution < -0.4 is 4.74 Å². The van der Waals surface area contributed by atoms with Gasteiger partial charge in [0, 0.05) is 17.9 Å².